The highest BCUT2D eigenvalue weighted by Gasteiger charge is 2.27. The Labute approximate surface area is 204 Å². The van der Waals surface area contributed by atoms with E-state index >= 15 is 0 Å². The smallest absolute Gasteiger partial charge is 0.243 e. The molecule has 0 fully saturated rings. The van der Waals surface area contributed by atoms with Crippen molar-refractivity contribution in [2.75, 3.05) is 55.0 Å². The number of hydrogen-bond acceptors (Lipinski definition) is 7. The molecule has 0 saturated heterocycles. The largest absolute Gasteiger partial charge is 0.383 e. The number of hydrogen-bond donors (Lipinski definition) is 2. The van der Waals surface area contributed by atoms with Gasteiger partial charge < -0.3 is 24.8 Å². The van der Waals surface area contributed by atoms with Crippen molar-refractivity contribution in [2.45, 2.75) is 13.8 Å². The maximum absolute atomic E-state index is 12.7. The molecule has 0 saturated carbocycles. The van der Waals surface area contributed by atoms with Crippen molar-refractivity contribution >= 4 is 34.0 Å². The molecule has 0 aliphatic carbocycles. The predicted octanol–water partition coefficient (Wildman–Crippen LogP) is 3.30. The topological polar surface area (TPSA) is 104 Å². The molecule has 10 nitrogen and oxygen atoms in total. The highest BCUT2D eigenvalue weighted by Crippen LogP contribution is 2.34. The van der Waals surface area contributed by atoms with Gasteiger partial charge in [0.25, 0.3) is 0 Å². The lowest BCUT2D eigenvalue weighted by molar-refractivity contribution is -0.115. The summed E-state index contributed by atoms with van der Waals surface area (Å²) in [5.74, 6) is 1.36. The molecule has 10 heteroatoms. The summed E-state index contributed by atoms with van der Waals surface area (Å²) in [7, 11) is 3.51. The van der Waals surface area contributed by atoms with Gasteiger partial charge in [-0.25, -0.2) is 9.97 Å². The highest BCUT2D eigenvalue weighted by molar-refractivity contribution is 5.95. The van der Waals surface area contributed by atoms with E-state index < -0.39 is 0 Å². The Hall–Kier alpha value is -3.92. The summed E-state index contributed by atoms with van der Waals surface area (Å²) in [5.41, 5.74) is 3.52. The van der Waals surface area contributed by atoms with Crippen LogP contribution in [0.25, 0.3) is 22.3 Å². The average Bonchev–Trinajstić information content (AvgIpc) is 3.53. The van der Waals surface area contributed by atoms with Crippen LogP contribution < -0.4 is 15.1 Å². The first-order valence-electron chi connectivity index (χ1n) is 11.8. The van der Waals surface area contributed by atoms with Gasteiger partial charge in [0.1, 0.15) is 0 Å². The number of ether oxygens (including phenoxy) is 1. The Morgan fingerprint density at radius 3 is 2.77 bits per heavy atom. The monoisotopic (exact) mass is 476 g/mol. The minimum Gasteiger partial charge on any atom is -0.383 e. The van der Waals surface area contributed by atoms with E-state index in [0.717, 1.165) is 34.5 Å². The molecule has 35 heavy (non-hydrogen) atoms. The van der Waals surface area contributed by atoms with Gasteiger partial charge in [0, 0.05) is 62.7 Å². The van der Waals surface area contributed by atoms with Gasteiger partial charge in [-0.3, -0.25) is 9.48 Å². The van der Waals surface area contributed by atoms with Crippen LogP contribution in [0.15, 0.2) is 49.1 Å². The zero-order valence-electron chi connectivity index (χ0n) is 20.7. The molecule has 0 radical (unpaired) electrons. The molecule has 0 unspecified atom stereocenters. The predicted molar refractivity (Wildman–Crippen MR) is 139 cm³/mol. The fourth-order valence-electron chi connectivity index (χ4n) is 4.14. The summed E-state index contributed by atoms with van der Waals surface area (Å²) < 4.78 is 6.96. The Bertz CT molecular complexity index is 1280. The molecule has 1 aliphatic rings. The molecule has 184 valence electrons. The van der Waals surface area contributed by atoms with E-state index in [4.69, 9.17) is 9.72 Å². The van der Waals surface area contributed by atoms with Gasteiger partial charge in [0.05, 0.1) is 36.9 Å². The lowest BCUT2D eigenvalue weighted by Crippen LogP contribution is -2.45. The van der Waals surface area contributed by atoms with Gasteiger partial charge in [-0.1, -0.05) is 26.0 Å². The number of H-pyrrole nitrogens is 1. The number of methoxy groups -OCH3 is 1. The number of carbonyl (C=O) groups is 1. The van der Waals surface area contributed by atoms with Crippen molar-refractivity contribution in [3.8, 4) is 11.4 Å². The Morgan fingerprint density at radius 2 is 2.00 bits per heavy atom. The second-order valence-electron chi connectivity index (χ2n) is 8.00. The van der Waals surface area contributed by atoms with Crippen LogP contribution in [0.2, 0.25) is 0 Å². The van der Waals surface area contributed by atoms with Crippen molar-refractivity contribution in [3.05, 3.63) is 49.1 Å². The summed E-state index contributed by atoms with van der Waals surface area (Å²) in [6.45, 7) is 6.93. The number of aromatic amines is 1. The van der Waals surface area contributed by atoms with Gasteiger partial charge in [-0.2, -0.15) is 5.10 Å². The minimum atomic E-state index is -0.111. The number of aromatic nitrogens is 5. The fourth-order valence-corrected chi connectivity index (χ4v) is 4.14. The number of benzene rings is 1. The number of fused-ring (bicyclic) bond motifs is 2. The summed E-state index contributed by atoms with van der Waals surface area (Å²) in [6, 6.07) is 8.09. The number of aryl methyl sites for hydroxylation is 1. The number of anilines is 3. The van der Waals surface area contributed by atoms with E-state index in [0.29, 0.717) is 31.2 Å². The molecule has 0 bridgehead atoms. The number of nitrogens with zero attached hydrogens (tertiary/aromatic N) is 6. The molecular weight excluding hydrogens is 444 g/mol. The first-order chi connectivity index (χ1) is 17.1. The van der Waals surface area contributed by atoms with Gasteiger partial charge >= 0.3 is 0 Å². The SMILES string of the molecule is CC.COCCN1CCN(CC(=O)Nc2cnn(C)c2)c2cnc(-c3cccc4[nH]ccc34)nc21. The zero-order chi connectivity index (χ0) is 24.8. The van der Waals surface area contributed by atoms with Crippen molar-refractivity contribution < 1.29 is 9.53 Å². The number of nitrogens with one attached hydrogen (secondary N) is 2. The fraction of sp³-hybridized carbons (Fsp3) is 0.360. The highest BCUT2D eigenvalue weighted by atomic mass is 16.5. The van der Waals surface area contributed by atoms with Crippen LogP contribution in [0, 0.1) is 0 Å². The van der Waals surface area contributed by atoms with Crippen LogP contribution in [0.4, 0.5) is 17.2 Å². The summed E-state index contributed by atoms with van der Waals surface area (Å²) in [5, 5.41) is 8.07. The molecule has 4 aromatic rings. The molecular formula is C25H32N8O2. The second kappa shape index (κ2) is 11.0. The summed E-state index contributed by atoms with van der Waals surface area (Å²) in [4.78, 5) is 29.8. The van der Waals surface area contributed by atoms with E-state index in [1.54, 1.807) is 24.2 Å². The maximum atomic E-state index is 12.7. The third-order valence-corrected chi connectivity index (χ3v) is 5.75. The molecule has 2 N–H and O–H groups in total. The van der Waals surface area contributed by atoms with E-state index in [2.05, 4.69) is 25.3 Å². The van der Waals surface area contributed by atoms with Crippen molar-refractivity contribution in [2.24, 2.45) is 7.05 Å². The minimum absolute atomic E-state index is 0.111. The summed E-state index contributed by atoms with van der Waals surface area (Å²) in [6.07, 6.45) is 7.14. The van der Waals surface area contributed by atoms with E-state index in [-0.39, 0.29) is 12.5 Å². The first kappa shape index (κ1) is 24.2. The third kappa shape index (κ3) is 5.27. The number of rotatable bonds is 7. The quantitative estimate of drug-likeness (QED) is 0.422. The third-order valence-electron chi connectivity index (χ3n) is 5.75. The van der Waals surface area contributed by atoms with Crippen LogP contribution in [0.3, 0.4) is 0 Å². The molecule has 1 aromatic carbocycles. The van der Waals surface area contributed by atoms with Crippen LogP contribution in [-0.2, 0) is 16.6 Å². The van der Waals surface area contributed by atoms with Gasteiger partial charge in [-0.05, 0) is 12.1 Å². The molecule has 3 aromatic heterocycles. The Morgan fingerprint density at radius 1 is 1.17 bits per heavy atom. The van der Waals surface area contributed by atoms with Crippen molar-refractivity contribution in [3.63, 3.8) is 0 Å². The molecule has 5 rings (SSSR count). The molecule has 0 spiro atoms. The van der Waals surface area contributed by atoms with E-state index in [9.17, 15) is 4.79 Å². The summed E-state index contributed by atoms with van der Waals surface area (Å²) >= 11 is 0. The van der Waals surface area contributed by atoms with Crippen LogP contribution >= 0.6 is 0 Å². The molecule has 0 atom stereocenters. The van der Waals surface area contributed by atoms with Crippen LogP contribution in [0.1, 0.15) is 13.8 Å². The lowest BCUT2D eigenvalue weighted by atomic mass is 10.1. The van der Waals surface area contributed by atoms with Gasteiger partial charge in [-0.15, -0.1) is 0 Å². The van der Waals surface area contributed by atoms with Crippen LogP contribution in [-0.4, -0.2) is 70.5 Å². The van der Waals surface area contributed by atoms with Crippen molar-refractivity contribution in [1.29, 1.82) is 0 Å². The van der Waals surface area contributed by atoms with Crippen LogP contribution in [0.5, 0.6) is 0 Å². The van der Waals surface area contributed by atoms with E-state index in [1.165, 1.54) is 0 Å². The second-order valence-corrected chi connectivity index (χ2v) is 8.00. The van der Waals surface area contributed by atoms with Crippen molar-refractivity contribution in [1.82, 2.24) is 24.7 Å². The standard InChI is InChI=1S/C23H26N8O2.C2H6/c1-29-14-16(12-26-29)27-21(32)15-31-9-8-30(10-11-33-2)23-20(31)13-25-22(28-23)18-4-3-5-19-17(18)6-7-24-19;1-2/h3-7,12-14,24H,8-11,15H2,1-2H3,(H,27,32);1-2H3. The number of carbonyl (C=O) groups excluding carboxylic acids is 1. The first-order valence-corrected chi connectivity index (χ1v) is 11.8. The normalized spacial score (nSPS) is 12.8. The molecule has 1 amide bonds. The maximum Gasteiger partial charge on any atom is 0.243 e. The lowest BCUT2D eigenvalue weighted by Gasteiger charge is -2.37. The zero-order valence-corrected chi connectivity index (χ0v) is 20.7. The average molecular weight is 477 g/mol. The molecule has 4 heterocycles. The Balaban J connectivity index is 0.00000141. The Kier molecular flexibility index (Phi) is 7.61. The molecule has 1 aliphatic heterocycles. The number of amides is 1. The van der Waals surface area contributed by atoms with Gasteiger partial charge in [0.15, 0.2) is 11.6 Å². The van der Waals surface area contributed by atoms with E-state index in [1.807, 2.05) is 62.5 Å². The van der Waals surface area contributed by atoms with Gasteiger partial charge in [0.2, 0.25) is 5.91 Å².